The summed E-state index contributed by atoms with van der Waals surface area (Å²) in [6.45, 7) is 1.68. The molecule has 0 aliphatic heterocycles. The molecule has 1 amide bonds. The number of fused-ring (bicyclic) bond motifs is 1. The fourth-order valence-electron chi connectivity index (χ4n) is 5.12. The Hall–Kier alpha value is -0.390. The highest BCUT2D eigenvalue weighted by Gasteiger charge is 2.51. The fraction of sp³-hybridized carbons (Fsp3) is 0.882. The van der Waals surface area contributed by atoms with Crippen LogP contribution < -0.4 is 10.6 Å². The summed E-state index contributed by atoms with van der Waals surface area (Å²) in [4.78, 5) is 15.0. The Morgan fingerprint density at radius 3 is 2.39 bits per heavy atom. The zero-order valence-electron chi connectivity index (χ0n) is 14.3. The predicted molar refractivity (Wildman–Crippen MR) is 99.8 cm³/mol. The van der Waals surface area contributed by atoms with E-state index >= 15 is 0 Å². The van der Waals surface area contributed by atoms with E-state index in [1.165, 1.54) is 25.7 Å². The van der Waals surface area contributed by atoms with Crippen LogP contribution in [0.1, 0.15) is 44.9 Å². The van der Waals surface area contributed by atoms with Crippen molar-refractivity contribution in [1.82, 2.24) is 15.5 Å². The molecular weight excluding hydrogens is 330 g/mol. The summed E-state index contributed by atoms with van der Waals surface area (Å²) >= 11 is 5.31. The number of carbonyl (C=O) groups is 1. The van der Waals surface area contributed by atoms with E-state index in [1.54, 1.807) is 0 Å². The van der Waals surface area contributed by atoms with Crippen LogP contribution in [-0.4, -0.2) is 43.1 Å². The number of carbonyl (C=O) groups excluding carboxylic acids is 1. The molecule has 4 rings (SSSR count). The highest BCUT2D eigenvalue weighted by Crippen LogP contribution is 2.57. The number of hydrogen-bond acceptors (Lipinski definition) is 3. The van der Waals surface area contributed by atoms with Crippen molar-refractivity contribution < 1.29 is 4.79 Å². The molecule has 4 aliphatic rings. The molecule has 4 nitrogen and oxygen atoms in total. The topological polar surface area (TPSA) is 44.4 Å². The second-order valence-corrected chi connectivity index (χ2v) is 8.45. The van der Waals surface area contributed by atoms with E-state index < -0.39 is 0 Å². The van der Waals surface area contributed by atoms with E-state index in [-0.39, 0.29) is 23.7 Å². The van der Waals surface area contributed by atoms with Crippen molar-refractivity contribution in [2.24, 2.45) is 23.2 Å². The lowest BCUT2D eigenvalue weighted by atomic mass is 9.61. The Morgan fingerprint density at radius 2 is 1.78 bits per heavy atom. The zero-order valence-corrected chi connectivity index (χ0v) is 15.9. The third-order valence-corrected chi connectivity index (χ3v) is 6.19. The number of rotatable bonds is 4. The lowest BCUT2D eigenvalue weighted by Gasteiger charge is -2.44. The van der Waals surface area contributed by atoms with Gasteiger partial charge < -0.3 is 15.5 Å². The fourth-order valence-corrected chi connectivity index (χ4v) is 5.31. The van der Waals surface area contributed by atoms with Crippen molar-refractivity contribution in [3.05, 3.63) is 0 Å². The third kappa shape index (κ3) is 4.37. The highest BCUT2D eigenvalue weighted by atomic mass is 35.5. The Labute approximate surface area is 151 Å². The van der Waals surface area contributed by atoms with E-state index in [2.05, 4.69) is 15.5 Å². The van der Waals surface area contributed by atoms with E-state index in [9.17, 15) is 4.79 Å². The van der Waals surface area contributed by atoms with Gasteiger partial charge in [0.1, 0.15) is 0 Å². The smallest absolute Gasteiger partial charge is 0.232 e. The molecule has 4 saturated carbocycles. The predicted octanol–water partition coefficient (Wildman–Crippen LogP) is 2.57. The van der Waals surface area contributed by atoms with Gasteiger partial charge in [0, 0.05) is 13.1 Å². The number of likely N-dealkylation sites (N-methyl/N-ethyl adjacent to an activating group) is 1. The second-order valence-electron chi connectivity index (χ2n) is 8.05. The van der Waals surface area contributed by atoms with Crippen LogP contribution in [0.3, 0.4) is 0 Å². The van der Waals surface area contributed by atoms with Gasteiger partial charge in [-0.1, -0.05) is 0 Å². The monoisotopic (exact) mass is 359 g/mol. The van der Waals surface area contributed by atoms with Gasteiger partial charge in [-0.3, -0.25) is 4.79 Å². The van der Waals surface area contributed by atoms with Crippen molar-refractivity contribution in [1.29, 1.82) is 0 Å². The van der Waals surface area contributed by atoms with Gasteiger partial charge in [0.25, 0.3) is 0 Å². The first kappa shape index (κ1) is 18.9. The molecule has 0 aromatic rings. The second kappa shape index (κ2) is 7.66. The first-order valence-electron chi connectivity index (χ1n) is 8.71. The average molecular weight is 360 g/mol. The molecule has 6 heteroatoms. The summed E-state index contributed by atoms with van der Waals surface area (Å²) in [5.41, 5.74) is -0.133. The molecule has 2 unspecified atom stereocenters. The number of halogens is 1. The highest BCUT2D eigenvalue weighted by molar-refractivity contribution is 7.80. The molecule has 0 heterocycles. The van der Waals surface area contributed by atoms with Crippen LogP contribution in [0, 0.1) is 23.2 Å². The van der Waals surface area contributed by atoms with Gasteiger partial charge in [-0.2, -0.15) is 0 Å². The van der Waals surface area contributed by atoms with Crippen molar-refractivity contribution in [3.8, 4) is 0 Å². The number of amides is 1. The molecule has 0 aromatic heterocycles. The zero-order chi connectivity index (χ0) is 15.7. The molecule has 132 valence electrons. The van der Waals surface area contributed by atoms with Gasteiger partial charge in [-0.15, -0.1) is 12.4 Å². The standard InChI is InChI=1S/C17H29N3OS.ClH/c1-20(2)6-5-18-16(22)19-15(21)17-4-3-12-7-13(10-17)9-14(8-12)11-17;/h12-14H,3-11H2,1-2H3,(H2,18,19,21,22);1H. The van der Waals surface area contributed by atoms with E-state index in [4.69, 9.17) is 12.2 Å². The summed E-state index contributed by atoms with van der Waals surface area (Å²) in [7, 11) is 4.06. The molecule has 4 bridgehead atoms. The van der Waals surface area contributed by atoms with Crippen molar-refractivity contribution in [2.45, 2.75) is 44.9 Å². The normalized spacial score (nSPS) is 34.7. The van der Waals surface area contributed by atoms with Crippen LogP contribution in [-0.2, 0) is 4.79 Å². The molecule has 2 atom stereocenters. The summed E-state index contributed by atoms with van der Waals surface area (Å²) in [5, 5.41) is 6.65. The van der Waals surface area contributed by atoms with Crippen LogP contribution in [0.2, 0.25) is 0 Å². The van der Waals surface area contributed by atoms with Crippen molar-refractivity contribution in [3.63, 3.8) is 0 Å². The average Bonchev–Trinajstić information content (AvgIpc) is 2.63. The number of hydrogen-bond donors (Lipinski definition) is 2. The lowest BCUT2D eigenvalue weighted by Crippen LogP contribution is -2.50. The van der Waals surface area contributed by atoms with Crippen molar-refractivity contribution in [2.75, 3.05) is 27.2 Å². The molecule has 0 spiro atoms. The largest absolute Gasteiger partial charge is 0.361 e. The third-order valence-electron chi connectivity index (χ3n) is 5.94. The minimum atomic E-state index is -0.133. The molecule has 0 aromatic carbocycles. The van der Waals surface area contributed by atoms with Crippen LogP contribution in [0.5, 0.6) is 0 Å². The number of thiocarbonyl (C=S) groups is 1. The van der Waals surface area contributed by atoms with Gasteiger partial charge in [-0.25, -0.2) is 0 Å². The van der Waals surface area contributed by atoms with E-state index in [1.807, 2.05) is 14.1 Å². The first-order valence-corrected chi connectivity index (χ1v) is 9.12. The van der Waals surface area contributed by atoms with E-state index in [0.29, 0.717) is 5.11 Å². The maximum absolute atomic E-state index is 12.9. The Bertz CT molecular complexity index is 443. The van der Waals surface area contributed by atoms with Gasteiger partial charge in [0.15, 0.2) is 5.11 Å². The van der Waals surface area contributed by atoms with E-state index in [0.717, 1.165) is 50.1 Å². The first-order chi connectivity index (χ1) is 10.5. The molecule has 2 N–H and O–H groups in total. The summed E-state index contributed by atoms with van der Waals surface area (Å²) < 4.78 is 0. The SMILES string of the molecule is CN(C)CCNC(=S)NC(=O)C12CCC3CC(CC(C3)C1)C2.Cl. The van der Waals surface area contributed by atoms with Crippen molar-refractivity contribution >= 4 is 35.6 Å². The molecule has 4 aliphatic carbocycles. The van der Waals surface area contributed by atoms with Crippen LogP contribution in [0.25, 0.3) is 0 Å². The molecule has 0 saturated heterocycles. The van der Waals surface area contributed by atoms with Crippen LogP contribution in [0.15, 0.2) is 0 Å². The van der Waals surface area contributed by atoms with Gasteiger partial charge in [0.05, 0.1) is 5.41 Å². The lowest BCUT2D eigenvalue weighted by molar-refractivity contribution is -0.134. The van der Waals surface area contributed by atoms with Gasteiger partial charge in [-0.05, 0) is 89.0 Å². The van der Waals surface area contributed by atoms with Crippen LogP contribution >= 0.6 is 24.6 Å². The summed E-state index contributed by atoms with van der Waals surface area (Å²) in [5.74, 6) is 2.63. The minimum absolute atomic E-state index is 0. The Kier molecular flexibility index (Phi) is 6.31. The molecule has 0 radical (unpaired) electrons. The van der Waals surface area contributed by atoms with Gasteiger partial charge in [0.2, 0.25) is 5.91 Å². The number of nitrogens with zero attached hydrogens (tertiary/aromatic N) is 1. The summed E-state index contributed by atoms with van der Waals surface area (Å²) in [6, 6.07) is 0. The maximum Gasteiger partial charge on any atom is 0.232 e. The minimum Gasteiger partial charge on any atom is -0.361 e. The Morgan fingerprint density at radius 1 is 1.17 bits per heavy atom. The molecule has 4 fully saturated rings. The van der Waals surface area contributed by atoms with Crippen LogP contribution in [0.4, 0.5) is 0 Å². The van der Waals surface area contributed by atoms with Gasteiger partial charge >= 0.3 is 0 Å². The maximum atomic E-state index is 12.9. The molecule has 23 heavy (non-hydrogen) atoms. The summed E-state index contributed by atoms with van der Waals surface area (Å²) in [6.07, 6.45) is 8.56. The Balaban J connectivity index is 0.00000192. The molecular formula is C17H30ClN3OS. The number of nitrogens with one attached hydrogen (secondary N) is 2. The quantitative estimate of drug-likeness (QED) is 0.757.